The Hall–Kier alpha value is -6.04. The summed E-state index contributed by atoms with van der Waals surface area (Å²) in [7, 11) is 0. The van der Waals surface area contributed by atoms with E-state index in [-0.39, 0.29) is 32.7 Å². The molecule has 0 aromatic heterocycles. The van der Waals surface area contributed by atoms with Gasteiger partial charge in [0.2, 0.25) is 29.5 Å². The Bertz CT molecular complexity index is 1600. The number of amides is 6. The number of carbonyl (C=O) groups excluding carboxylic acids is 7. The molecule has 18 nitrogen and oxygen atoms in total. The summed E-state index contributed by atoms with van der Waals surface area (Å²) in [6, 6.07) is 12.0. The molecular weight excluding hydrogens is 708 g/mol. The first kappa shape index (κ1) is 44.1. The van der Waals surface area contributed by atoms with Gasteiger partial charge in [-0.25, -0.2) is 9.59 Å². The largest absolute Gasteiger partial charge is 0.480 e. The van der Waals surface area contributed by atoms with E-state index in [9.17, 15) is 43.5 Å². The van der Waals surface area contributed by atoms with Gasteiger partial charge in [0.15, 0.2) is 0 Å². The molecule has 6 amide bonds. The van der Waals surface area contributed by atoms with Crippen molar-refractivity contribution in [3.63, 3.8) is 0 Å². The number of carboxylic acids is 1. The fourth-order valence-electron chi connectivity index (χ4n) is 4.45. The molecule has 0 aliphatic heterocycles. The number of ether oxygens (including phenoxy) is 3. The first-order valence-corrected chi connectivity index (χ1v) is 16.9. The van der Waals surface area contributed by atoms with Crippen LogP contribution in [-0.4, -0.2) is 95.6 Å². The number of rotatable bonds is 21. The van der Waals surface area contributed by atoms with Crippen molar-refractivity contribution in [2.75, 3.05) is 13.2 Å². The maximum Gasteiger partial charge on any atom is 0.408 e. The highest BCUT2D eigenvalue weighted by atomic mass is 16.6. The topological polar surface area (TPSA) is 271 Å². The Kier molecular flexibility index (Phi) is 18.1. The fourth-order valence-corrected chi connectivity index (χ4v) is 4.45. The number of aliphatic carboxylic acids is 1. The molecule has 8 N–H and O–H groups in total. The third-order valence-electron chi connectivity index (χ3n) is 7.13. The average molecular weight is 757 g/mol. The zero-order valence-corrected chi connectivity index (χ0v) is 30.5. The Balaban J connectivity index is 2.01. The van der Waals surface area contributed by atoms with Crippen molar-refractivity contribution in [1.82, 2.24) is 26.6 Å². The quantitative estimate of drug-likeness (QED) is 0.0841. The van der Waals surface area contributed by atoms with Gasteiger partial charge in [0.05, 0.1) is 26.2 Å². The molecule has 294 valence electrons. The molecule has 0 saturated carbocycles. The second kappa shape index (κ2) is 22.1. The third-order valence-corrected chi connectivity index (χ3v) is 7.13. The number of carboxylic acid groups (broad SMARTS) is 1. The molecule has 0 radical (unpaired) electrons. The number of benzene rings is 2. The normalized spacial score (nSPS) is 13.1. The Morgan fingerprint density at radius 3 is 1.89 bits per heavy atom. The van der Waals surface area contributed by atoms with Crippen LogP contribution in [0.1, 0.15) is 58.1 Å². The van der Waals surface area contributed by atoms with Crippen LogP contribution in [0.15, 0.2) is 60.7 Å². The average Bonchev–Trinajstić information content (AvgIpc) is 3.10. The van der Waals surface area contributed by atoms with Gasteiger partial charge in [0, 0.05) is 6.42 Å². The molecular formula is C36H48N6O12. The second-order valence-corrected chi connectivity index (χ2v) is 13.0. The van der Waals surface area contributed by atoms with Gasteiger partial charge in [-0.2, -0.15) is 0 Å². The number of carbonyl (C=O) groups is 8. The highest BCUT2D eigenvalue weighted by Crippen LogP contribution is 2.08. The summed E-state index contributed by atoms with van der Waals surface area (Å²) in [5.74, 6) is -6.62. The SMILES string of the molecule is C[C@H](NC(=O)[C@H](CC(N)=O)NC(=O)OC(C)(C)C)C(=O)N[C@@H](COCc1ccccc1)C(=O)NCC(=O)N[C@@H](CCC(=O)OCc1ccccc1)C(=O)O. The van der Waals surface area contributed by atoms with Crippen molar-refractivity contribution in [3.05, 3.63) is 71.8 Å². The standard InChI is InChI=1S/C36H48N6O12/c1-22(39-33(48)26(17-28(37)43)42-35(51)54-36(2,3)4)31(46)41-27(21-52-19-23-11-7-5-8-12-23)32(47)38-18-29(44)40-25(34(49)50)15-16-30(45)53-20-24-13-9-6-10-14-24/h5-14,22,25-27H,15-21H2,1-4H3,(H2,37,43)(H,38,47)(H,39,48)(H,40,44)(H,41,46)(H,42,51)(H,49,50)/t22-,25-,26-,27-/m0/s1. The van der Waals surface area contributed by atoms with E-state index in [0.717, 1.165) is 11.1 Å². The summed E-state index contributed by atoms with van der Waals surface area (Å²) in [5.41, 5.74) is 5.81. The zero-order chi connectivity index (χ0) is 40.3. The van der Waals surface area contributed by atoms with Crippen molar-refractivity contribution in [1.29, 1.82) is 0 Å². The van der Waals surface area contributed by atoms with Crippen molar-refractivity contribution in [2.45, 2.75) is 89.9 Å². The monoisotopic (exact) mass is 756 g/mol. The van der Waals surface area contributed by atoms with Gasteiger partial charge >= 0.3 is 18.0 Å². The van der Waals surface area contributed by atoms with Crippen molar-refractivity contribution in [2.24, 2.45) is 5.73 Å². The molecule has 0 bridgehead atoms. The minimum absolute atomic E-state index is 0.00512. The molecule has 0 heterocycles. The van der Waals surface area contributed by atoms with Crippen LogP contribution >= 0.6 is 0 Å². The summed E-state index contributed by atoms with van der Waals surface area (Å²) in [4.78, 5) is 99.7. The maximum atomic E-state index is 13.2. The molecule has 2 aromatic carbocycles. The van der Waals surface area contributed by atoms with Crippen LogP contribution in [0.5, 0.6) is 0 Å². The predicted octanol–water partition coefficient (Wildman–Crippen LogP) is 0.171. The summed E-state index contributed by atoms with van der Waals surface area (Å²) >= 11 is 0. The van der Waals surface area contributed by atoms with Gasteiger partial charge in [-0.05, 0) is 45.2 Å². The lowest BCUT2D eigenvalue weighted by atomic mass is 10.1. The van der Waals surface area contributed by atoms with E-state index in [2.05, 4.69) is 26.6 Å². The van der Waals surface area contributed by atoms with E-state index in [0.29, 0.717) is 0 Å². The van der Waals surface area contributed by atoms with Gasteiger partial charge in [0.1, 0.15) is 36.4 Å². The Morgan fingerprint density at radius 1 is 0.741 bits per heavy atom. The lowest BCUT2D eigenvalue weighted by Gasteiger charge is -2.24. The summed E-state index contributed by atoms with van der Waals surface area (Å²) < 4.78 is 15.9. The van der Waals surface area contributed by atoms with Gasteiger partial charge < -0.3 is 51.6 Å². The van der Waals surface area contributed by atoms with Crippen LogP contribution in [0.3, 0.4) is 0 Å². The minimum atomic E-state index is -1.49. The highest BCUT2D eigenvalue weighted by Gasteiger charge is 2.30. The molecule has 0 fully saturated rings. The van der Waals surface area contributed by atoms with Crippen LogP contribution in [0, 0.1) is 0 Å². The van der Waals surface area contributed by atoms with Crippen LogP contribution in [-0.2, 0) is 61.0 Å². The van der Waals surface area contributed by atoms with Crippen LogP contribution < -0.4 is 32.3 Å². The van der Waals surface area contributed by atoms with Crippen molar-refractivity contribution < 1.29 is 57.7 Å². The molecule has 4 atom stereocenters. The molecule has 2 rings (SSSR count). The molecule has 54 heavy (non-hydrogen) atoms. The van der Waals surface area contributed by atoms with Crippen LogP contribution in [0.2, 0.25) is 0 Å². The zero-order valence-electron chi connectivity index (χ0n) is 30.5. The number of nitrogens with two attached hydrogens (primary N) is 1. The second-order valence-electron chi connectivity index (χ2n) is 13.0. The number of primary amides is 1. The van der Waals surface area contributed by atoms with Crippen molar-refractivity contribution in [3.8, 4) is 0 Å². The molecule has 0 aliphatic carbocycles. The number of hydrogen-bond acceptors (Lipinski definition) is 11. The van der Waals surface area contributed by atoms with E-state index in [4.69, 9.17) is 19.9 Å². The Labute approximate surface area is 312 Å². The third kappa shape index (κ3) is 17.9. The van der Waals surface area contributed by atoms with E-state index in [1.54, 1.807) is 81.4 Å². The van der Waals surface area contributed by atoms with E-state index in [1.165, 1.54) is 6.92 Å². The van der Waals surface area contributed by atoms with E-state index >= 15 is 0 Å². The van der Waals surface area contributed by atoms with Crippen LogP contribution in [0.25, 0.3) is 0 Å². The number of nitrogens with one attached hydrogen (secondary N) is 5. The smallest absolute Gasteiger partial charge is 0.408 e. The summed E-state index contributed by atoms with van der Waals surface area (Å²) in [6.45, 7) is 5.00. The van der Waals surface area contributed by atoms with Gasteiger partial charge in [-0.15, -0.1) is 0 Å². The number of hydrogen-bond donors (Lipinski definition) is 7. The van der Waals surface area contributed by atoms with E-state index < -0.39 is 90.3 Å². The molecule has 2 aromatic rings. The summed E-state index contributed by atoms with van der Waals surface area (Å²) in [6.07, 6.45) is -2.21. The van der Waals surface area contributed by atoms with Gasteiger partial charge in [-0.3, -0.25) is 28.8 Å². The highest BCUT2D eigenvalue weighted by molar-refractivity contribution is 5.96. The fraction of sp³-hybridized carbons (Fsp3) is 0.444. The number of esters is 1. The lowest BCUT2D eigenvalue weighted by molar-refractivity contribution is -0.146. The van der Waals surface area contributed by atoms with Crippen molar-refractivity contribution >= 4 is 47.6 Å². The van der Waals surface area contributed by atoms with Gasteiger partial charge in [-0.1, -0.05) is 60.7 Å². The van der Waals surface area contributed by atoms with Gasteiger partial charge in [0.25, 0.3) is 0 Å². The molecule has 0 unspecified atom stereocenters. The molecule has 0 saturated heterocycles. The minimum Gasteiger partial charge on any atom is -0.480 e. The molecule has 0 aliphatic rings. The first-order valence-electron chi connectivity index (χ1n) is 16.9. The summed E-state index contributed by atoms with van der Waals surface area (Å²) in [5, 5.41) is 21.1. The Morgan fingerprint density at radius 2 is 1.33 bits per heavy atom. The van der Waals surface area contributed by atoms with Crippen LogP contribution in [0.4, 0.5) is 4.79 Å². The van der Waals surface area contributed by atoms with E-state index in [1.807, 2.05) is 0 Å². The first-order chi connectivity index (χ1) is 25.4. The predicted molar refractivity (Wildman–Crippen MR) is 191 cm³/mol. The molecule has 0 spiro atoms. The number of alkyl carbamates (subject to hydrolysis) is 1. The lowest BCUT2D eigenvalue weighted by Crippen LogP contribution is -2.58. The maximum absolute atomic E-state index is 13.2. The molecule has 18 heteroatoms.